The van der Waals surface area contributed by atoms with Gasteiger partial charge in [-0.25, -0.2) is 9.59 Å². The molecule has 0 bridgehead atoms. The average molecular weight is 445 g/mol. The molecule has 2 aliphatic heterocycles. The van der Waals surface area contributed by atoms with Gasteiger partial charge in [0.1, 0.15) is 30.5 Å². The number of carboxylic acid groups (broad SMARTS) is 1. The van der Waals surface area contributed by atoms with E-state index in [1.807, 2.05) is 4.98 Å². The molecule has 1 amide bonds. The molecule has 15 nitrogen and oxygen atoms in total. The Bertz CT molecular complexity index is 1000. The number of H-pyrrole nitrogens is 1. The van der Waals surface area contributed by atoms with Gasteiger partial charge in [-0.3, -0.25) is 19.1 Å². The highest BCUT2D eigenvalue weighted by Gasteiger charge is 2.51. The summed E-state index contributed by atoms with van der Waals surface area (Å²) >= 11 is 0. The first-order valence-corrected chi connectivity index (χ1v) is 8.77. The standard InChI is InChI=1S/C16H19N3O12/c17-12(25)11(31-15-7(22)4(20)3-5(29-15)14(26)27)10-8(23)9(24)13(30-10)19-2-1-6(21)18-16(19)28/h1-4,7-11,13,15,20,22-24H,(H2,17,25)(H,26,27)(H,18,21,28)/t4-,7+,8+,9-,10?,11+,13-,15+/m1/s1. The number of hydrogen-bond donors (Lipinski definition) is 7. The van der Waals surface area contributed by atoms with Crippen molar-refractivity contribution in [3.63, 3.8) is 0 Å². The molecule has 1 aromatic heterocycles. The Kier molecular flexibility index (Phi) is 6.25. The van der Waals surface area contributed by atoms with Gasteiger partial charge in [0.2, 0.25) is 18.0 Å². The van der Waals surface area contributed by atoms with Crippen LogP contribution in [0.1, 0.15) is 6.23 Å². The molecule has 1 saturated heterocycles. The predicted molar refractivity (Wildman–Crippen MR) is 93.9 cm³/mol. The van der Waals surface area contributed by atoms with Crippen LogP contribution in [-0.2, 0) is 23.8 Å². The molecule has 0 spiro atoms. The Hall–Kier alpha value is -3.08. The van der Waals surface area contributed by atoms with Crippen LogP contribution in [0.5, 0.6) is 0 Å². The molecule has 3 rings (SSSR count). The lowest BCUT2D eigenvalue weighted by Crippen LogP contribution is -2.53. The van der Waals surface area contributed by atoms with Crippen LogP contribution in [0.15, 0.2) is 33.7 Å². The molecular weight excluding hydrogens is 426 g/mol. The van der Waals surface area contributed by atoms with E-state index in [1.165, 1.54) is 0 Å². The van der Waals surface area contributed by atoms with E-state index in [0.717, 1.165) is 16.8 Å². The van der Waals surface area contributed by atoms with Gasteiger partial charge in [0, 0.05) is 12.3 Å². The Morgan fingerprint density at radius 1 is 1.16 bits per heavy atom. The third kappa shape index (κ3) is 4.36. The fourth-order valence-corrected chi connectivity index (χ4v) is 3.12. The molecule has 0 aromatic carbocycles. The van der Waals surface area contributed by atoms with Gasteiger partial charge in [-0.2, -0.15) is 0 Å². The maximum Gasteiger partial charge on any atom is 0.371 e. The Morgan fingerprint density at radius 2 is 1.84 bits per heavy atom. The summed E-state index contributed by atoms with van der Waals surface area (Å²) < 4.78 is 16.2. The highest BCUT2D eigenvalue weighted by Crippen LogP contribution is 2.32. The number of carboxylic acids is 1. The number of aliphatic carboxylic acids is 1. The van der Waals surface area contributed by atoms with Gasteiger partial charge in [0.15, 0.2) is 12.3 Å². The number of aliphatic hydroxyl groups excluding tert-OH is 4. The monoisotopic (exact) mass is 445 g/mol. The summed E-state index contributed by atoms with van der Waals surface area (Å²) in [6.07, 6.45) is -12.6. The van der Waals surface area contributed by atoms with Gasteiger partial charge >= 0.3 is 11.7 Å². The van der Waals surface area contributed by atoms with E-state index < -0.39 is 78.0 Å². The zero-order valence-electron chi connectivity index (χ0n) is 15.5. The summed E-state index contributed by atoms with van der Waals surface area (Å²) in [7, 11) is 0. The average Bonchev–Trinajstić information content (AvgIpc) is 2.97. The number of carbonyl (C=O) groups excluding carboxylic acids is 1. The van der Waals surface area contributed by atoms with E-state index in [9.17, 15) is 39.6 Å². The normalized spacial score (nSPS) is 33.9. The SMILES string of the molecule is NC(=O)[C@@H](O[C@@H]1OC(C(=O)O)=C[C@@H](O)[C@@H]1O)C1O[C@@H](n2ccc(=O)[nH]c2=O)[C@H](O)[C@@H]1O. The molecule has 1 aromatic rings. The van der Waals surface area contributed by atoms with Crippen molar-refractivity contribution in [1.29, 1.82) is 0 Å². The van der Waals surface area contributed by atoms with Gasteiger partial charge in [-0.15, -0.1) is 0 Å². The summed E-state index contributed by atoms with van der Waals surface area (Å²) in [5.74, 6) is -3.64. The molecule has 1 unspecified atom stereocenters. The number of aliphatic hydroxyl groups is 4. The predicted octanol–water partition coefficient (Wildman–Crippen LogP) is -4.93. The van der Waals surface area contributed by atoms with Gasteiger partial charge in [0.05, 0.1) is 0 Å². The van der Waals surface area contributed by atoms with E-state index in [2.05, 4.69) is 0 Å². The molecule has 1 fully saturated rings. The molecule has 0 saturated carbocycles. The molecule has 170 valence electrons. The summed E-state index contributed by atoms with van der Waals surface area (Å²) in [5, 5.41) is 49.4. The van der Waals surface area contributed by atoms with Crippen molar-refractivity contribution in [1.82, 2.24) is 9.55 Å². The van der Waals surface area contributed by atoms with Gasteiger partial charge in [-0.1, -0.05) is 0 Å². The molecule has 8 atom stereocenters. The van der Waals surface area contributed by atoms with Crippen molar-refractivity contribution < 1.29 is 49.3 Å². The van der Waals surface area contributed by atoms with E-state index >= 15 is 0 Å². The van der Waals surface area contributed by atoms with Gasteiger partial charge < -0.3 is 45.5 Å². The lowest BCUT2D eigenvalue weighted by Gasteiger charge is -2.34. The highest BCUT2D eigenvalue weighted by molar-refractivity contribution is 5.84. The first-order chi connectivity index (χ1) is 14.5. The first-order valence-electron chi connectivity index (χ1n) is 8.77. The van der Waals surface area contributed by atoms with Crippen LogP contribution in [0.3, 0.4) is 0 Å². The highest BCUT2D eigenvalue weighted by atomic mass is 16.7. The van der Waals surface area contributed by atoms with Crippen molar-refractivity contribution in [3.05, 3.63) is 44.9 Å². The van der Waals surface area contributed by atoms with Crippen LogP contribution in [-0.4, -0.2) is 89.9 Å². The van der Waals surface area contributed by atoms with Crippen LogP contribution in [0, 0.1) is 0 Å². The van der Waals surface area contributed by atoms with E-state index in [1.54, 1.807) is 0 Å². The molecule has 31 heavy (non-hydrogen) atoms. The Labute approximate surface area is 171 Å². The second kappa shape index (κ2) is 8.58. The first kappa shape index (κ1) is 22.6. The topological polar surface area (TPSA) is 244 Å². The molecule has 15 heteroatoms. The van der Waals surface area contributed by atoms with Gasteiger partial charge in [-0.05, 0) is 6.08 Å². The van der Waals surface area contributed by atoms with Crippen LogP contribution >= 0.6 is 0 Å². The fourth-order valence-electron chi connectivity index (χ4n) is 3.12. The Balaban J connectivity index is 1.85. The number of nitrogens with two attached hydrogens (primary N) is 1. The van der Waals surface area contributed by atoms with Gasteiger partial charge in [0.25, 0.3) is 5.56 Å². The van der Waals surface area contributed by atoms with Crippen LogP contribution in [0.2, 0.25) is 0 Å². The van der Waals surface area contributed by atoms with E-state index in [4.69, 9.17) is 25.1 Å². The summed E-state index contributed by atoms with van der Waals surface area (Å²) in [4.78, 5) is 48.1. The maximum atomic E-state index is 12.0. The number of rotatable bonds is 6. The maximum absolute atomic E-state index is 12.0. The third-order valence-electron chi connectivity index (χ3n) is 4.66. The fraction of sp³-hybridized carbons (Fsp3) is 0.500. The lowest BCUT2D eigenvalue weighted by atomic mass is 10.0. The number of amides is 1. The second-order valence-electron chi connectivity index (χ2n) is 6.75. The van der Waals surface area contributed by atoms with Crippen molar-refractivity contribution in [2.24, 2.45) is 5.73 Å². The minimum absolute atomic E-state index is 0.704. The summed E-state index contributed by atoms with van der Waals surface area (Å²) in [6, 6.07) is 0.951. The smallest absolute Gasteiger partial charge is 0.371 e. The minimum atomic E-state index is -1.92. The number of ether oxygens (including phenoxy) is 3. The number of nitrogens with zero attached hydrogens (tertiary/aromatic N) is 1. The minimum Gasteiger partial charge on any atom is -0.475 e. The quantitative estimate of drug-likeness (QED) is 0.218. The van der Waals surface area contributed by atoms with Crippen molar-refractivity contribution in [2.75, 3.05) is 0 Å². The zero-order valence-corrected chi connectivity index (χ0v) is 15.5. The Morgan fingerprint density at radius 3 is 2.42 bits per heavy atom. The summed E-state index contributed by atoms with van der Waals surface area (Å²) in [6.45, 7) is 0. The van der Waals surface area contributed by atoms with Crippen LogP contribution in [0.4, 0.5) is 0 Å². The number of aromatic nitrogens is 2. The van der Waals surface area contributed by atoms with Crippen molar-refractivity contribution in [3.8, 4) is 0 Å². The number of primary amides is 1. The number of nitrogens with one attached hydrogen (secondary N) is 1. The van der Waals surface area contributed by atoms with Crippen molar-refractivity contribution in [2.45, 2.75) is 49.1 Å². The third-order valence-corrected chi connectivity index (χ3v) is 4.66. The van der Waals surface area contributed by atoms with Crippen LogP contribution in [0.25, 0.3) is 0 Å². The molecular formula is C16H19N3O12. The largest absolute Gasteiger partial charge is 0.475 e. The van der Waals surface area contributed by atoms with E-state index in [-0.39, 0.29) is 0 Å². The molecule has 2 aliphatic rings. The van der Waals surface area contributed by atoms with Crippen molar-refractivity contribution >= 4 is 11.9 Å². The number of hydrogen-bond acceptors (Lipinski definition) is 11. The molecule has 0 aliphatic carbocycles. The number of aromatic amines is 1. The molecule has 0 radical (unpaired) electrons. The molecule has 3 heterocycles. The second-order valence-corrected chi connectivity index (χ2v) is 6.75. The van der Waals surface area contributed by atoms with Crippen LogP contribution < -0.4 is 17.0 Å². The number of carbonyl (C=O) groups is 2. The summed E-state index contributed by atoms with van der Waals surface area (Å²) in [5.41, 5.74) is 3.56. The van der Waals surface area contributed by atoms with E-state index in [0.29, 0.717) is 6.08 Å². The lowest BCUT2D eigenvalue weighted by molar-refractivity contribution is -0.241. The molecule has 8 N–H and O–H groups in total. The zero-order chi connectivity index (χ0) is 23.0.